The van der Waals surface area contributed by atoms with Gasteiger partial charge in [0, 0.05) is 12.1 Å². The molecule has 4 unspecified atom stereocenters. The summed E-state index contributed by atoms with van der Waals surface area (Å²) in [6, 6.07) is 1.85. The second kappa shape index (κ2) is 3.73. The van der Waals surface area contributed by atoms with E-state index < -0.39 is 0 Å². The summed E-state index contributed by atoms with van der Waals surface area (Å²) < 4.78 is 0. The van der Waals surface area contributed by atoms with Gasteiger partial charge in [-0.2, -0.15) is 0 Å². The largest absolute Gasteiger partial charge is 0.311 e. The van der Waals surface area contributed by atoms with Gasteiger partial charge in [0.15, 0.2) is 0 Å². The monoisotopic (exact) mass is 219 g/mol. The van der Waals surface area contributed by atoms with Gasteiger partial charge in [-0.3, -0.25) is 0 Å². The Morgan fingerprint density at radius 2 is 1.31 bits per heavy atom. The van der Waals surface area contributed by atoms with Crippen molar-refractivity contribution in [2.45, 2.75) is 69.9 Å². The molecule has 0 aliphatic heterocycles. The van der Waals surface area contributed by atoms with Gasteiger partial charge in [0.2, 0.25) is 0 Å². The molecule has 4 atom stereocenters. The first-order chi connectivity index (χ1) is 7.93. The fraction of sp³-hybridized carbons (Fsp3) is 1.00. The minimum Gasteiger partial charge on any atom is -0.311 e. The Morgan fingerprint density at radius 1 is 0.688 bits per heavy atom. The quantitative estimate of drug-likeness (QED) is 0.702. The van der Waals surface area contributed by atoms with Crippen molar-refractivity contribution < 1.29 is 0 Å². The van der Waals surface area contributed by atoms with Gasteiger partial charge in [-0.1, -0.05) is 25.7 Å². The van der Waals surface area contributed by atoms with Crippen LogP contribution in [0.1, 0.15) is 57.8 Å². The van der Waals surface area contributed by atoms with Gasteiger partial charge < -0.3 is 5.32 Å². The van der Waals surface area contributed by atoms with Crippen molar-refractivity contribution in [3.8, 4) is 0 Å². The normalized spacial score (nSPS) is 51.4. The van der Waals surface area contributed by atoms with Gasteiger partial charge in [0.1, 0.15) is 0 Å². The molecule has 16 heavy (non-hydrogen) atoms. The Bertz CT molecular complexity index is 251. The molecule has 0 saturated heterocycles. The van der Waals surface area contributed by atoms with Crippen LogP contribution in [-0.4, -0.2) is 12.1 Å². The Kier molecular flexibility index (Phi) is 2.32. The Balaban J connectivity index is 1.36. The van der Waals surface area contributed by atoms with Crippen molar-refractivity contribution >= 4 is 0 Å². The van der Waals surface area contributed by atoms with Gasteiger partial charge in [-0.25, -0.2) is 0 Å². The van der Waals surface area contributed by atoms with Crippen molar-refractivity contribution in [3.05, 3.63) is 0 Å². The number of nitrogens with one attached hydrogen (secondary N) is 1. The lowest BCUT2D eigenvalue weighted by molar-refractivity contribution is 0.392. The maximum Gasteiger partial charge on any atom is 0.0138 e. The predicted molar refractivity (Wildman–Crippen MR) is 66.2 cm³/mol. The highest BCUT2D eigenvalue weighted by atomic mass is 15.0. The minimum atomic E-state index is 0.887. The lowest BCUT2D eigenvalue weighted by Gasteiger charge is -2.19. The van der Waals surface area contributed by atoms with E-state index in [1.165, 1.54) is 38.5 Å². The molecule has 0 spiro atoms. The molecule has 0 heterocycles. The number of rotatable bonds is 2. The Hall–Kier alpha value is -0.0400. The van der Waals surface area contributed by atoms with E-state index in [4.69, 9.17) is 0 Å². The van der Waals surface area contributed by atoms with Crippen molar-refractivity contribution in [1.82, 2.24) is 5.32 Å². The van der Waals surface area contributed by atoms with E-state index in [0.717, 1.165) is 35.8 Å². The summed E-state index contributed by atoms with van der Waals surface area (Å²) in [5, 5.41) is 4.04. The highest BCUT2D eigenvalue weighted by Gasteiger charge is 2.64. The van der Waals surface area contributed by atoms with Crippen LogP contribution in [0.2, 0.25) is 0 Å². The zero-order chi connectivity index (χ0) is 10.5. The number of fused-ring (bicyclic) bond motifs is 5. The molecular formula is C15H25N. The van der Waals surface area contributed by atoms with Gasteiger partial charge in [-0.15, -0.1) is 0 Å². The van der Waals surface area contributed by atoms with Crippen molar-refractivity contribution in [2.75, 3.05) is 0 Å². The molecule has 4 saturated carbocycles. The fourth-order valence-electron chi connectivity index (χ4n) is 5.27. The van der Waals surface area contributed by atoms with Crippen molar-refractivity contribution in [2.24, 2.45) is 23.7 Å². The third-order valence-electron chi connectivity index (χ3n) is 6.02. The number of hydrogen-bond acceptors (Lipinski definition) is 1. The summed E-state index contributed by atoms with van der Waals surface area (Å²) in [6.45, 7) is 0. The zero-order valence-corrected chi connectivity index (χ0v) is 10.3. The molecule has 90 valence electrons. The first-order valence-electron chi connectivity index (χ1n) is 7.69. The van der Waals surface area contributed by atoms with Gasteiger partial charge in [0.25, 0.3) is 0 Å². The first-order valence-corrected chi connectivity index (χ1v) is 7.69. The van der Waals surface area contributed by atoms with E-state index in [-0.39, 0.29) is 0 Å². The van der Waals surface area contributed by atoms with Crippen LogP contribution >= 0.6 is 0 Å². The molecule has 1 nitrogen and oxygen atoms in total. The fourth-order valence-corrected chi connectivity index (χ4v) is 5.27. The standard InChI is InChI=1S/C15H25N/c1-2-4-6-12(5-3-1)16-15-13-10-7-8-11(9-10)14(13)15/h10-16H,1-9H2. The summed E-state index contributed by atoms with van der Waals surface area (Å²) in [5.41, 5.74) is 0. The van der Waals surface area contributed by atoms with Crippen LogP contribution < -0.4 is 5.32 Å². The van der Waals surface area contributed by atoms with E-state index in [9.17, 15) is 0 Å². The second-order valence-corrected chi connectivity index (χ2v) is 6.87. The van der Waals surface area contributed by atoms with Crippen LogP contribution in [-0.2, 0) is 0 Å². The van der Waals surface area contributed by atoms with E-state index in [1.54, 1.807) is 19.3 Å². The molecule has 4 aliphatic rings. The van der Waals surface area contributed by atoms with Crippen LogP contribution in [0.5, 0.6) is 0 Å². The van der Waals surface area contributed by atoms with Crippen LogP contribution in [0.25, 0.3) is 0 Å². The molecule has 0 aromatic rings. The molecule has 1 N–H and O–H groups in total. The van der Waals surface area contributed by atoms with E-state index in [2.05, 4.69) is 5.32 Å². The number of hydrogen-bond donors (Lipinski definition) is 1. The van der Waals surface area contributed by atoms with Gasteiger partial charge in [-0.05, 0) is 55.8 Å². The molecule has 4 aliphatic carbocycles. The predicted octanol–water partition coefficient (Wildman–Crippen LogP) is 3.34. The summed E-state index contributed by atoms with van der Waals surface area (Å²) in [7, 11) is 0. The molecule has 0 aromatic carbocycles. The minimum absolute atomic E-state index is 0.887. The molecule has 0 radical (unpaired) electrons. The average Bonchev–Trinajstić information content (AvgIpc) is 2.79. The molecule has 1 heteroatoms. The molecule has 4 rings (SSSR count). The first kappa shape index (κ1) is 9.94. The molecular weight excluding hydrogens is 194 g/mol. The van der Waals surface area contributed by atoms with Crippen molar-refractivity contribution in [1.29, 1.82) is 0 Å². The molecule has 4 fully saturated rings. The highest BCUT2D eigenvalue weighted by molar-refractivity contribution is 5.17. The van der Waals surface area contributed by atoms with Crippen molar-refractivity contribution in [3.63, 3.8) is 0 Å². The van der Waals surface area contributed by atoms with Crippen LogP contribution in [0.15, 0.2) is 0 Å². The van der Waals surface area contributed by atoms with Crippen LogP contribution in [0.3, 0.4) is 0 Å². The topological polar surface area (TPSA) is 12.0 Å². The smallest absolute Gasteiger partial charge is 0.0138 e. The lowest BCUT2D eigenvalue weighted by Crippen LogP contribution is -2.33. The summed E-state index contributed by atoms with van der Waals surface area (Å²) >= 11 is 0. The van der Waals surface area contributed by atoms with E-state index in [0.29, 0.717) is 0 Å². The molecule has 0 aromatic heterocycles. The summed E-state index contributed by atoms with van der Waals surface area (Å²) in [6.07, 6.45) is 13.6. The average molecular weight is 219 g/mol. The molecule has 0 amide bonds. The maximum absolute atomic E-state index is 4.04. The van der Waals surface area contributed by atoms with Gasteiger partial charge in [0.05, 0.1) is 0 Å². The van der Waals surface area contributed by atoms with Gasteiger partial charge >= 0.3 is 0 Å². The third-order valence-corrected chi connectivity index (χ3v) is 6.02. The van der Waals surface area contributed by atoms with Crippen LogP contribution in [0, 0.1) is 23.7 Å². The maximum atomic E-state index is 4.04. The summed E-state index contributed by atoms with van der Waals surface area (Å²) in [5.74, 6) is 4.53. The Morgan fingerprint density at radius 3 is 1.94 bits per heavy atom. The second-order valence-electron chi connectivity index (χ2n) is 6.87. The van der Waals surface area contributed by atoms with Crippen LogP contribution in [0.4, 0.5) is 0 Å². The summed E-state index contributed by atoms with van der Waals surface area (Å²) in [4.78, 5) is 0. The highest BCUT2D eigenvalue weighted by Crippen LogP contribution is 2.65. The zero-order valence-electron chi connectivity index (χ0n) is 10.3. The lowest BCUT2D eigenvalue weighted by atomic mass is 10.0. The van der Waals surface area contributed by atoms with E-state index in [1.807, 2.05) is 0 Å². The van der Waals surface area contributed by atoms with E-state index >= 15 is 0 Å². The SMILES string of the molecule is C1CCCC(NC2C3C4CCC(C4)C23)CC1. The third kappa shape index (κ3) is 1.47. The Labute approximate surface area is 99.4 Å². The molecule has 2 bridgehead atoms.